The van der Waals surface area contributed by atoms with Crippen LogP contribution in [-0.2, 0) is 11.2 Å². The second kappa shape index (κ2) is 9.17. The lowest BCUT2D eigenvalue weighted by Crippen LogP contribution is -2.22. The molecule has 3 atom stereocenters. The Labute approximate surface area is 165 Å². The Balaban J connectivity index is 1.77. The topological polar surface area (TPSA) is 66.4 Å². The average Bonchev–Trinajstić information content (AvgIpc) is 3.20. The van der Waals surface area contributed by atoms with Crippen molar-refractivity contribution in [3.63, 3.8) is 0 Å². The van der Waals surface area contributed by atoms with Crippen molar-refractivity contribution in [3.8, 4) is 23.0 Å². The monoisotopic (exact) mass is 388 g/mol. The first-order chi connectivity index (χ1) is 13.6. The number of methoxy groups -OCH3 is 4. The largest absolute Gasteiger partial charge is 0.493 e. The minimum Gasteiger partial charge on any atom is -0.493 e. The highest BCUT2D eigenvalue weighted by Crippen LogP contribution is 2.39. The molecule has 0 amide bonds. The summed E-state index contributed by atoms with van der Waals surface area (Å²) in [6.45, 7) is 1.14. The molecule has 0 spiro atoms. The van der Waals surface area contributed by atoms with Gasteiger partial charge in [-0.3, -0.25) is 0 Å². The molecular weight excluding hydrogens is 360 g/mol. The van der Waals surface area contributed by atoms with Gasteiger partial charge in [-0.15, -0.1) is 0 Å². The van der Waals surface area contributed by atoms with E-state index in [4.69, 9.17) is 23.7 Å². The average molecular weight is 388 g/mol. The number of rotatable bonds is 8. The summed E-state index contributed by atoms with van der Waals surface area (Å²) in [5.41, 5.74) is 1.92. The van der Waals surface area contributed by atoms with Gasteiger partial charge < -0.3 is 28.8 Å². The lowest BCUT2D eigenvalue weighted by molar-refractivity contribution is 0.0809. The van der Waals surface area contributed by atoms with Gasteiger partial charge in [0.2, 0.25) is 0 Å². The zero-order valence-corrected chi connectivity index (χ0v) is 16.8. The van der Waals surface area contributed by atoms with Crippen LogP contribution in [0.5, 0.6) is 23.0 Å². The summed E-state index contributed by atoms with van der Waals surface area (Å²) in [6.07, 6.45) is 0.141. The van der Waals surface area contributed by atoms with Gasteiger partial charge in [0.15, 0.2) is 23.0 Å². The molecule has 0 saturated carbocycles. The van der Waals surface area contributed by atoms with Crippen LogP contribution in [0.15, 0.2) is 36.4 Å². The van der Waals surface area contributed by atoms with E-state index in [9.17, 15) is 5.11 Å². The molecule has 6 heteroatoms. The van der Waals surface area contributed by atoms with Crippen LogP contribution >= 0.6 is 0 Å². The number of aliphatic hydroxyl groups is 1. The lowest BCUT2D eigenvalue weighted by Gasteiger charge is -2.24. The summed E-state index contributed by atoms with van der Waals surface area (Å²) in [5, 5.41) is 11.0. The molecule has 0 bridgehead atoms. The molecule has 1 aliphatic heterocycles. The van der Waals surface area contributed by atoms with Gasteiger partial charge in [0.1, 0.15) is 0 Å². The molecule has 1 aliphatic rings. The predicted octanol–water partition coefficient (Wildman–Crippen LogP) is 3.26. The van der Waals surface area contributed by atoms with E-state index < -0.39 is 6.10 Å². The third-order valence-electron chi connectivity index (χ3n) is 5.35. The Bertz CT molecular complexity index is 791. The number of ether oxygens (including phenoxy) is 5. The normalized spacial score (nSPS) is 19.9. The fourth-order valence-corrected chi connectivity index (χ4v) is 3.77. The molecule has 3 rings (SSSR count). The second-order valence-corrected chi connectivity index (χ2v) is 6.91. The first-order valence-corrected chi connectivity index (χ1v) is 9.29. The van der Waals surface area contributed by atoms with Crippen molar-refractivity contribution in [2.24, 2.45) is 11.8 Å². The maximum atomic E-state index is 11.0. The van der Waals surface area contributed by atoms with Gasteiger partial charge in [0.25, 0.3) is 0 Å². The molecule has 28 heavy (non-hydrogen) atoms. The van der Waals surface area contributed by atoms with Crippen LogP contribution in [0.2, 0.25) is 0 Å². The van der Waals surface area contributed by atoms with Crippen molar-refractivity contribution in [1.82, 2.24) is 0 Å². The molecule has 1 fully saturated rings. The van der Waals surface area contributed by atoms with E-state index in [2.05, 4.69) is 0 Å². The van der Waals surface area contributed by atoms with Crippen molar-refractivity contribution < 1.29 is 28.8 Å². The van der Waals surface area contributed by atoms with Crippen molar-refractivity contribution in [2.75, 3.05) is 41.7 Å². The van der Waals surface area contributed by atoms with Gasteiger partial charge >= 0.3 is 0 Å². The van der Waals surface area contributed by atoms with Gasteiger partial charge in [-0.25, -0.2) is 0 Å². The Hall–Kier alpha value is -2.44. The Morgan fingerprint density at radius 2 is 1.46 bits per heavy atom. The van der Waals surface area contributed by atoms with E-state index in [1.165, 1.54) is 0 Å². The van der Waals surface area contributed by atoms with Crippen LogP contribution in [0.3, 0.4) is 0 Å². The zero-order valence-electron chi connectivity index (χ0n) is 16.8. The molecule has 6 nitrogen and oxygen atoms in total. The molecule has 152 valence electrons. The first-order valence-electron chi connectivity index (χ1n) is 9.29. The van der Waals surface area contributed by atoms with E-state index in [0.717, 1.165) is 17.5 Å². The quantitative estimate of drug-likeness (QED) is 0.749. The zero-order chi connectivity index (χ0) is 20.1. The van der Waals surface area contributed by atoms with Crippen LogP contribution in [0.25, 0.3) is 0 Å². The Kier molecular flexibility index (Phi) is 6.65. The molecule has 0 radical (unpaired) electrons. The predicted molar refractivity (Wildman–Crippen MR) is 106 cm³/mol. The fraction of sp³-hybridized carbons (Fsp3) is 0.455. The highest BCUT2D eigenvalue weighted by Gasteiger charge is 2.35. The second-order valence-electron chi connectivity index (χ2n) is 6.91. The van der Waals surface area contributed by atoms with E-state index >= 15 is 0 Å². The van der Waals surface area contributed by atoms with E-state index in [1.807, 2.05) is 36.4 Å². The summed E-state index contributed by atoms with van der Waals surface area (Å²) < 4.78 is 27.1. The molecule has 2 aromatic rings. The molecule has 2 aromatic carbocycles. The first kappa shape index (κ1) is 20.3. The van der Waals surface area contributed by atoms with Crippen molar-refractivity contribution in [2.45, 2.75) is 12.5 Å². The smallest absolute Gasteiger partial charge is 0.161 e. The third-order valence-corrected chi connectivity index (χ3v) is 5.35. The SMILES string of the molecule is COc1ccc(CC2COCC2C(O)c2ccc(OC)c(OC)c2)cc1OC. The van der Waals surface area contributed by atoms with Crippen molar-refractivity contribution in [3.05, 3.63) is 47.5 Å². The van der Waals surface area contributed by atoms with Crippen LogP contribution in [0.4, 0.5) is 0 Å². The van der Waals surface area contributed by atoms with Crippen molar-refractivity contribution >= 4 is 0 Å². The molecule has 1 heterocycles. The van der Waals surface area contributed by atoms with Crippen LogP contribution in [0.1, 0.15) is 17.2 Å². The fourth-order valence-electron chi connectivity index (χ4n) is 3.77. The number of aliphatic hydroxyl groups excluding tert-OH is 1. The van der Waals surface area contributed by atoms with E-state index in [-0.39, 0.29) is 11.8 Å². The molecule has 0 aliphatic carbocycles. The standard InChI is InChI=1S/C22H28O6/c1-24-18-7-5-14(10-20(18)26-3)9-16-12-28-13-17(16)22(23)15-6-8-19(25-2)21(11-15)27-4/h5-8,10-11,16-17,22-23H,9,12-13H2,1-4H3. The minimum absolute atomic E-state index is 0.00815. The number of hydrogen-bond acceptors (Lipinski definition) is 6. The number of hydrogen-bond donors (Lipinski definition) is 1. The van der Waals surface area contributed by atoms with E-state index in [0.29, 0.717) is 36.2 Å². The molecule has 3 unspecified atom stereocenters. The summed E-state index contributed by atoms with van der Waals surface area (Å²) in [7, 11) is 6.44. The van der Waals surface area contributed by atoms with Crippen molar-refractivity contribution in [1.29, 1.82) is 0 Å². The maximum absolute atomic E-state index is 11.0. The van der Waals surface area contributed by atoms with Gasteiger partial charge in [0, 0.05) is 5.92 Å². The van der Waals surface area contributed by atoms with Gasteiger partial charge in [0.05, 0.1) is 47.8 Å². The molecule has 1 saturated heterocycles. The number of benzene rings is 2. The van der Waals surface area contributed by atoms with Gasteiger partial charge in [-0.2, -0.15) is 0 Å². The van der Waals surface area contributed by atoms with E-state index in [1.54, 1.807) is 28.4 Å². The summed E-state index contributed by atoms with van der Waals surface area (Å²) >= 11 is 0. The third kappa shape index (κ3) is 4.18. The Morgan fingerprint density at radius 1 is 0.857 bits per heavy atom. The lowest BCUT2D eigenvalue weighted by atomic mass is 9.83. The van der Waals surface area contributed by atoms with Gasteiger partial charge in [-0.1, -0.05) is 12.1 Å². The summed E-state index contributed by atoms with van der Waals surface area (Å²) in [6, 6.07) is 11.4. The summed E-state index contributed by atoms with van der Waals surface area (Å²) in [4.78, 5) is 0. The summed E-state index contributed by atoms with van der Waals surface area (Å²) in [5.74, 6) is 2.84. The van der Waals surface area contributed by atoms with Crippen LogP contribution in [-0.4, -0.2) is 46.8 Å². The highest BCUT2D eigenvalue weighted by atomic mass is 16.5. The Morgan fingerprint density at radius 3 is 2.11 bits per heavy atom. The van der Waals surface area contributed by atoms with Gasteiger partial charge in [-0.05, 0) is 47.7 Å². The van der Waals surface area contributed by atoms with Crippen LogP contribution in [0, 0.1) is 11.8 Å². The van der Waals surface area contributed by atoms with Crippen LogP contribution < -0.4 is 18.9 Å². The maximum Gasteiger partial charge on any atom is 0.161 e. The molecule has 0 aromatic heterocycles. The molecule has 1 N–H and O–H groups in total. The molecular formula is C22H28O6. The minimum atomic E-state index is -0.646. The highest BCUT2D eigenvalue weighted by molar-refractivity contribution is 5.44.